The highest BCUT2D eigenvalue weighted by Gasteiger charge is 2.34. The topological polar surface area (TPSA) is 104 Å². The van der Waals surface area contributed by atoms with Gasteiger partial charge in [-0.25, -0.2) is 9.97 Å². The van der Waals surface area contributed by atoms with Crippen molar-refractivity contribution in [1.82, 2.24) is 20.4 Å². The lowest BCUT2D eigenvalue weighted by Gasteiger charge is -2.39. The number of anilines is 1. The van der Waals surface area contributed by atoms with Gasteiger partial charge < -0.3 is 19.8 Å². The van der Waals surface area contributed by atoms with Crippen LogP contribution in [0.15, 0.2) is 29.0 Å². The third-order valence-corrected chi connectivity index (χ3v) is 4.11. The Morgan fingerprint density at radius 3 is 2.96 bits per heavy atom. The Balaban J connectivity index is 1.60. The zero-order valence-electron chi connectivity index (χ0n) is 13.6. The number of hydrogen-bond acceptors (Lipinski definition) is 7. The first-order valence-corrected chi connectivity index (χ1v) is 8.08. The molecule has 0 spiro atoms. The summed E-state index contributed by atoms with van der Waals surface area (Å²) in [5.41, 5.74) is -0.792. The molecule has 3 rings (SSSR count). The Morgan fingerprint density at radius 2 is 2.25 bits per heavy atom. The van der Waals surface area contributed by atoms with Gasteiger partial charge in [0, 0.05) is 38.0 Å². The van der Waals surface area contributed by atoms with Gasteiger partial charge in [0.25, 0.3) is 5.91 Å². The van der Waals surface area contributed by atoms with Gasteiger partial charge in [-0.3, -0.25) is 4.79 Å². The molecule has 2 aromatic rings. The van der Waals surface area contributed by atoms with Crippen molar-refractivity contribution in [3.05, 3.63) is 36.0 Å². The number of carbonyl (C=O) groups excluding carboxylic acids is 1. The van der Waals surface area contributed by atoms with E-state index in [0.717, 1.165) is 13.0 Å². The Bertz CT molecular complexity index is 690. The SMILES string of the molecule is CCc1cc(C(=O)NC[C@@]2(O)CCCN(c3ncccn3)C2)no1. The van der Waals surface area contributed by atoms with Gasteiger partial charge in [-0.1, -0.05) is 12.1 Å². The second kappa shape index (κ2) is 6.96. The predicted octanol–water partition coefficient (Wildman–Crippen LogP) is 0.788. The quantitative estimate of drug-likeness (QED) is 0.834. The van der Waals surface area contributed by atoms with E-state index in [1.165, 1.54) is 0 Å². The van der Waals surface area contributed by atoms with Gasteiger partial charge >= 0.3 is 0 Å². The van der Waals surface area contributed by atoms with Crippen LogP contribution in [0.4, 0.5) is 5.95 Å². The lowest BCUT2D eigenvalue weighted by atomic mass is 9.93. The number of nitrogens with one attached hydrogen (secondary N) is 1. The molecule has 24 heavy (non-hydrogen) atoms. The lowest BCUT2D eigenvalue weighted by molar-refractivity contribution is 0.0251. The summed E-state index contributed by atoms with van der Waals surface area (Å²) in [7, 11) is 0. The average molecular weight is 331 g/mol. The third-order valence-electron chi connectivity index (χ3n) is 4.11. The molecule has 8 nitrogen and oxygen atoms in total. The van der Waals surface area contributed by atoms with Gasteiger partial charge in [0.1, 0.15) is 5.76 Å². The van der Waals surface area contributed by atoms with Crippen molar-refractivity contribution in [3.8, 4) is 0 Å². The van der Waals surface area contributed by atoms with Crippen LogP contribution in [0.25, 0.3) is 0 Å². The van der Waals surface area contributed by atoms with Crippen LogP contribution in [0.5, 0.6) is 0 Å². The molecule has 3 heterocycles. The van der Waals surface area contributed by atoms with E-state index in [-0.39, 0.29) is 18.1 Å². The van der Waals surface area contributed by atoms with Crippen LogP contribution < -0.4 is 10.2 Å². The van der Waals surface area contributed by atoms with E-state index in [0.29, 0.717) is 31.1 Å². The van der Waals surface area contributed by atoms with Crippen LogP contribution in [-0.2, 0) is 6.42 Å². The van der Waals surface area contributed by atoms with Gasteiger partial charge in [-0.15, -0.1) is 0 Å². The minimum absolute atomic E-state index is 0.142. The van der Waals surface area contributed by atoms with E-state index in [1.807, 2.05) is 11.8 Å². The largest absolute Gasteiger partial charge is 0.386 e. The Kier molecular flexibility index (Phi) is 4.75. The number of aryl methyl sites for hydroxylation is 1. The van der Waals surface area contributed by atoms with E-state index in [1.54, 1.807) is 24.5 Å². The summed E-state index contributed by atoms with van der Waals surface area (Å²) in [6, 6.07) is 3.37. The molecule has 1 fully saturated rings. The van der Waals surface area contributed by atoms with Crippen molar-refractivity contribution >= 4 is 11.9 Å². The minimum Gasteiger partial charge on any atom is -0.386 e. The molecule has 8 heteroatoms. The van der Waals surface area contributed by atoms with Gasteiger partial charge in [0.05, 0.1) is 12.1 Å². The van der Waals surface area contributed by atoms with E-state index in [4.69, 9.17) is 4.52 Å². The predicted molar refractivity (Wildman–Crippen MR) is 86.6 cm³/mol. The van der Waals surface area contributed by atoms with Crippen LogP contribution in [0.1, 0.15) is 36.0 Å². The van der Waals surface area contributed by atoms with Crippen molar-refractivity contribution in [2.75, 3.05) is 24.5 Å². The first kappa shape index (κ1) is 16.4. The molecule has 2 aromatic heterocycles. The van der Waals surface area contributed by atoms with E-state index in [2.05, 4.69) is 20.4 Å². The monoisotopic (exact) mass is 331 g/mol. The highest BCUT2D eigenvalue weighted by atomic mass is 16.5. The first-order valence-electron chi connectivity index (χ1n) is 8.08. The summed E-state index contributed by atoms with van der Waals surface area (Å²) in [6.07, 6.45) is 5.43. The van der Waals surface area contributed by atoms with Crippen molar-refractivity contribution in [3.63, 3.8) is 0 Å². The molecule has 1 amide bonds. The number of carbonyl (C=O) groups is 1. The number of rotatable bonds is 5. The molecule has 1 saturated heterocycles. The molecule has 0 radical (unpaired) electrons. The molecule has 1 aliphatic rings. The number of aromatic nitrogens is 3. The summed E-state index contributed by atoms with van der Waals surface area (Å²) < 4.78 is 5.03. The fourth-order valence-electron chi connectivity index (χ4n) is 2.80. The fraction of sp³-hybridized carbons (Fsp3) is 0.500. The van der Waals surface area contributed by atoms with Gasteiger partial charge in [0.15, 0.2) is 5.69 Å². The second-order valence-electron chi connectivity index (χ2n) is 6.01. The number of piperidine rings is 1. The molecule has 0 unspecified atom stereocenters. The fourth-order valence-corrected chi connectivity index (χ4v) is 2.80. The van der Waals surface area contributed by atoms with E-state index >= 15 is 0 Å². The number of aliphatic hydroxyl groups is 1. The van der Waals surface area contributed by atoms with Crippen molar-refractivity contribution in [2.45, 2.75) is 31.8 Å². The van der Waals surface area contributed by atoms with E-state index in [9.17, 15) is 9.90 Å². The summed E-state index contributed by atoms with van der Waals surface area (Å²) in [6.45, 7) is 3.22. The molecule has 128 valence electrons. The third kappa shape index (κ3) is 3.70. The molecule has 0 aromatic carbocycles. The minimum atomic E-state index is -1.02. The maximum Gasteiger partial charge on any atom is 0.273 e. The normalized spacial score (nSPS) is 20.8. The standard InChI is InChI=1S/C16H21N5O3/c1-2-12-9-13(20-24-12)14(22)19-10-16(23)5-3-8-21(11-16)15-17-6-4-7-18-15/h4,6-7,9,23H,2-3,5,8,10-11H2,1H3,(H,19,22)/t16-/m0/s1. The number of amides is 1. The lowest BCUT2D eigenvalue weighted by Crippen LogP contribution is -2.54. The zero-order chi connectivity index (χ0) is 17.0. The van der Waals surface area contributed by atoms with Crippen molar-refractivity contribution in [1.29, 1.82) is 0 Å². The van der Waals surface area contributed by atoms with Crippen LogP contribution in [0.3, 0.4) is 0 Å². The van der Waals surface area contributed by atoms with Crippen LogP contribution in [-0.4, -0.2) is 51.4 Å². The highest BCUT2D eigenvalue weighted by molar-refractivity contribution is 5.92. The van der Waals surface area contributed by atoms with Crippen molar-refractivity contribution < 1.29 is 14.4 Å². The summed E-state index contributed by atoms with van der Waals surface area (Å²) in [4.78, 5) is 22.5. The molecule has 0 saturated carbocycles. The summed E-state index contributed by atoms with van der Waals surface area (Å²) in [5, 5.41) is 17.3. The molecule has 2 N–H and O–H groups in total. The van der Waals surface area contributed by atoms with Crippen molar-refractivity contribution in [2.24, 2.45) is 0 Å². The maximum atomic E-state index is 12.1. The number of β-amino-alcohol motifs (C(OH)–C–C–N with tert-alkyl or cyclic N) is 1. The second-order valence-corrected chi connectivity index (χ2v) is 6.01. The van der Waals surface area contributed by atoms with Crippen LogP contribution in [0, 0.1) is 0 Å². The van der Waals surface area contributed by atoms with Crippen LogP contribution >= 0.6 is 0 Å². The Morgan fingerprint density at radius 1 is 1.46 bits per heavy atom. The van der Waals surface area contributed by atoms with E-state index < -0.39 is 5.60 Å². The Labute approximate surface area is 139 Å². The first-order chi connectivity index (χ1) is 11.6. The number of nitrogens with zero attached hydrogens (tertiary/aromatic N) is 4. The molecule has 0 bridgehead atoms. The van der Waals surface area contributed by atoms with Gasteiger partial charge in [-0.2, -0.15) is 0 Å². The smallest absolute Gasteiger partial charge is 0.273 e. The summed E-state index contributed by atoms with van der Waals surface area (Å²) >= 11 is 0. The molecular weight excluding hydrogens is 310 g/mol. The number of hydrogen-bond donors (Lipinski definition) is 2. The van der Waals surface area contributed by atoms with Crippen LogP contribution in [0.2, 0.25) is 0 Å². The average Bonchev–Trinajstić information content (AvgIpc) is 3.10. The molecule has 0 aliphatic carbocycles. The maximum absolute atomic E-state index is 12.1. The summed E-state index contributed by atoms with van der Waals surface area (Å²) in [5.74, 6) is 0.898. The highest BCUT2D eigenvalue weighted by Crippen LogP contribution is 2.23. The molecular formula is C16H21N5O3. The molecule has 1 aliphatic heterocycles. The Hall–Kier alpha value is -2.48. The van der Waals surface area contributed by atoms with Gasteiger partial charge in [0.2, 0.25) is 5.95 Å². The van der Waals surface area contributed by atoms with Gasteiger partial charge in [-0.05, 0) is 18.9 Å². The molecule has 1 atom stereocenters. The zero-order valence-corrected chi connectivity index (χ0v) is 13.6.